The fourth-order valence-corrected chi connectivity index (χ4v) is 2.72. The van der Waals surface area contributed by atoms with E-state index < -0.39 is 10.0 Å². The van der Waals surface area contributed by atoms with Crippen molar-refractivity contribution in [3.8, 4) is 0 Å². The maximum atomic E-state index is 11.0. The molecule has 0 aliphatic carbocycles. The SMILES string of the molecule is CNS(=O)(=O)CCSc1ccccn1. The Morgan fingerprint density at radius 1 is 1.50 bits per heavy atom. The first-order valence-corrected chi connectivity index (χ1v) is 6.73. The summed E-state index contributed by atoms with van der Waals surface area (Å²) in [4.78, 5) is 4.07. The van der Waals surface area contributed by atoms with Gasteiger partial charge in [0.05, 0.1) is 10.8 Å². The van der Waals surface area contributed by atoms with Crippen molar-refractivity contribution in [1.82, 2.24) is 9.71 Å². The highest BCUT2D eigenvalue weighted by Gasteiger charge is 2.06. The van der Waals surface area contributed by atoms with Crippen molar-refractivity contribution in [2.75, 3.05) is 18.6 Å². The molecule has 0 spiro atoms. The van der Waals surface area contributed by atoms with Gasteiger partial charge in [0.15, 0.2) is 0 Å². The van der Waals surface area contributed by atoms with Gasteiger partial charge < -0.3 is 0 Å². The first-order chi connectivity index (χ1) is 6.64. The van der Waals surface area contributed by atoms with E-state index in [-0.39, 0.29) is 5.75 Å². The zero-order chi connectivity index (χ0) is 10.4. The van der Waals surface area contributed by atoms with E-state index in [9.17, 15) is 8.42 Å². The number of rotatable bonds is 5. The van der Waals surface area contributed by atoms with Crippen LogP contribution >= 0.6 is 11.8 Å². The summed E-state index contributed by atoms with van der Waals surface area (Å²) < 4.78 is 24.4. The molecule has 1 N–H and O–H groups in total. The smallest absolute Gasteiger partial charge is 0.212 e. The second-order valence-electron chi connectivity index (χ2n) is 2.54. The normalized spacial score (nSPS) is 11.5. The van der Waals surface area contributed by atoms with E-state index >= 15 is 0 Å². The van der Waals surface area contributed by atoms with Gasteiger partial charge in [0, 0.05) is 11.9 Å². The summed E-state index contributed by atoms with van der Waals surface area (Å²) in [5, 5.41) is 0.846. The molecule has 0 unspecified atom stereocenters. The van der Waals surface area contributed by atoms with E-state index in [1.807, 2.05) is 18.2 Å². The quantitative estimate of drug-likeness (QED) is 0.760. The largest absolute Gasteiger partial charge is 0.250 e. The third-order valence-corrected chi connectivity index (χ3v) is 4.12. The number of aromatic nitrogens is 1. The van der Waals surface area contributed by atoms with Gasteiger partial charge in [0.1, 0.15) is 0 Å². The number of hydrogen-bond donors (Lipinski definition) is 1. The molecule has 14 heavy (non-hydrogen) atoms. The number of nitrogens with zero attached hydrogens (tertiary/aromatic N) is 1. The summed E-state index contributed by atoms with van der Waals surface area (Å²) >= 11 is 1.43. The monoisotopic (exact) mass is 232 g/mol. The van der Waals surface area contributed by atoms with Crippen molar-refractivity contribution in [1.29, 1.82) is 0 Å². The van der Waals surface area contributed by atoms with Crippen LogP contribution in [0.2, 0.25) is 0 Å². The standard InChI is InChI=1S/C8H12N2O2S2/c1-9-14(11,12)7-6-13-8-4-2-3-5-10-8/h2-5,9H,6-7H2,1H3. The van der Waals surface area contributed by atoms with Gasteiger partial charge in [-0.2, -0.15) is 0 Å². The van der Waals surface area contributed by atoms with Crippen LogP contribution in [0.25, 0.3) is 0 Å². The number of sulfonamides is 1. The molecule has 0 radical (unpaired) electrons. The molecule has 78 valence electrons. The van der Waals surface area contributed by atoms with Crippen LogP contribution in [0.1, 0.15) is 0 Å². The van der Waals surface area contributed by atoms with Gasteiger partial charge in [0.2, 0.25) is 10.0 Å². The Bertz CT molecular complexity index is 364. The van der Waals surface area contributed by atoms with Crippen molar-refractivity contribution in [3.05, 3.63) is 24.4 Å². The average molecular weight is 232 g/mol. The van der Waals surface area contributed by atoms with Gasteiger partial charge in [0.25, 0.3) is 0 Å². The Hall–Kier alpha value is -0.590. The van der Waals surface area contributed by atoms with E-state index in [0.717, 1.165) is 5.03 Å². The van der Waals surface area contributed by atoms with E-state index in [0.29, 0.717) is 5.75 Å². The molecule has 0 aliphatic heterocycles. The van der Waals surface area contributed by atoms with Gasteiger partial charge in [-0.05, 0) is 19.2 Å². The molecule has 0 bridgehead atoms. The topological polar surface area (TPSA) is 59.1 Å². The molecule has 6 heteroatoms. The van der Waals surface area contributed by atoms with Gasteiger partial charge >= 0.3 is 0 Å². The summed E-state index contributed by atoms with van der Waals surface area (Å²) in [7, 11) is -1.67. The highest BCUT2D eigenvalue weighted by atomic mass is 32.2. The summed E-state index contributed by atoms with van der Waals surface area (Å²) in [6.45, 7) is 0. The number of thioether (sulfide) groups is 1. The highest BCUT2D eigenvalue weighted by molar-refractivity contribution is 8.00. The van der Waals surface area contributed by atoms with Crippen LogP contribution in [0.4, 0.5) is 0 Å². The molecular formula is C8H12N2O2S2. The average Bonchev–Trinajstić information content (AvgIpc) is 2.19. The molecule has 0 aromatic carbocycles. The summed E-state index contributed by atoms with van der Waals surface area (Å²) in [6, 6.07) is 5.56. The minimum absolute atomic E-state index is 0.116. The van der Waals surface area contributed by atoms with Gasteiger partial charge in [-0.15, -0.1) is 11.8 Å². The van der Waals surface area contributed by atoms with E-state index in [1.54, 1.807) is 6.20 Å². The second kappa shape index (κ2) is 5.33. The first kappa shape index (κ1) is 11.5. The van der Waals surface area contributed by atoms with E-state index in [4.69, 9.17) is 0 Å². The molecule has 1 aromatic heterocycles. The van der Waals surface area contributed by atoms with Crippen LogP contribution in [0.3, 0.4) is 0 Å². The number of pyridine rings is 1. The third-order valence-electron chi connectivity index (χ3n) is 1.55. The van der Waals surface area contributed by atoms with Crippen molar-refractivity contribution < 1.29 is 8.42 Å². The zero-order valence-corrected chi connectivity index (χ0v) is 9.44. The van der Waals surface area contributed by atoms with Crippen LogP contribution in [0, 0.1) is 0 Å². The number of hydrogen-bond acceptors (Lipinski definition) is 4. The molecule has 4 nitrogen and oxygen atoms in total. The van der Waals surface area contributed by atoms with Crippen LogP contribution in [0.15, 0.2) is 29.4 Å². The Kier molecular flexibility index (Phi) is 4.37. The minimum Gasteiger partial charge on any atom is -0.250 e. The van der Waals surface area contributed by atoms with Crippen molar-refractivity contribution in [3.63, 3.8) is 0 Å². The predicted molar refractivity (Wildman–Crippen MR) is 57.8 cm³/mol. The molecule has 0 atom stereocenters. The Morgan fingerprint density at radius 2 is 2.29 bits per heavy atom. The second-order valence-corrected chi connectivity index (χ2v) is 5.70. The molecule has 0 aliphatic rings. The summed E-state index contributed by atoms with van der Waals surface area (Å²) in [5.41, 5.74) is 0. The summed E-state index contributed by atoms with van der Waals surface area (Å²) in [6.07, 6.45) is 1.69. The lowest BCUT2D eigenvalue weighted by Crippen LogP contribution is -2.23. The van der Waals surface area contributed by atoms with Crippen molar-refractivity contribution in [2.24, 2.45) is 0 Å². The molecule has 0 saturated carbocycles. The lowest BCUT2D eigenvalue weighted by atomic mass is 10.5. The zero-order valence-electron chi connectivity index (χ0n) is 7.80. The fraction of sp³-hybridized carbons (Fsp3) is 0.375. The van der Waals surface area contributed by atoms with Crippen LogP contribution in [0.5, 0.6) is 0 Å². The molecule has 0 saturated heterocycles. The first-order valence-electron chi connectivity index (χ1n) is 4.09. The van der Waals surface area contributed by atoms with Crippen LogP contribution in [-0.4, -0.2) is 32.0 Å². The van der Waals surface area contributed by atoms with E-state index in [2.05, 4.69) is 9.71 Å². The minimum atomic E-state index is -3.09. The molecular weight excluding hydrogens is 220 g/mol. The fourth-order valence-electron chi connectivity index (χ4n) is 0.790. The van der Waals surface area contributed by atoms with Crippen LogP contribution < -0.4 is 4.72 Å². The molecule has 1 heterocycles. The molecule has 0 amide bonds. The Morgan fingerprint density at radius 3 is 2.86 bits per heavy atom. The third kappa shape index (κ3) is 4.08. The maximum Gasteiger partial charge on any atom is 0.212 e. The molecule has 1 aromatic rings. The Labute approximate surface area is 88.2 Å². The van der Waals surface area contributed by atoms with Crippen LogP contribution in [-0.2, 0) is 10.0 Å². The maximum absolute atomic E-state index is 11.0. The van der Waals surface area contributed by atoms with E-state index in [1.165, 1.54) is 18.8 Å². The lowest BCUT2D eigenvalue weighted by Gasteiger charge is -2.01. The highest BCUT2D eigenvalue weighted by Crippen LogP contribution is 2.13. The van der Waals surface area contributed by atoms with Gasteiger partial charge in [-0.3, -0.25) is 0 Å². The van der Waals surface area contributed by atoms with Crippen molar-refractivity contribution in [2.45, 2.75) is 5.03 Å². The Balaban J connectivity index is 2.37. The lowest BCUT2D eigenvalue weighted by molar-refractivity contribution is 0.590. The van der Waals surface area contributed by atoms with Crippen molar-refractivity contribution >= 4 is 21.8 Å². The van der Waals surface area contributed by atoms with Gasteiger partial charge in [-0.25, -0.2) is 18.1 Å². The molecule has 0 fully saturated rings. The predicted octanol–water partition coefficient (Wildman–Crippen LogP) is 0.723. The van der Waals surface area contributed by atoms with Gasteiger partial charge in [-0.1, -0.05) is 6.07 Å². The molecule has 1 rings (SSSR count). The summed E-state index contributed by atoms with van der Waals surface area (Å²) in [5.74, 6) is 0.630. The number of nitrogens with one attached hydrogen (secondary N) is 1.